The van der Waals surface area contributed by atoms with Gasteiger partial charge in [0.15, 0.2) is 5.13 Å². The number of benzene rings is 1. The van der Waals surface area contributed by atoms with Crippen molar-refractivity contribution < 1.29 is 13.2 Å². The van der Waals surface area contributed by atoms with E-state index in [0.29, 0.717) is 16.4 Å². The van der Waals surface area contributed by atoms with Crippen LogP contribution >= 0.6 is 11.3 Å². The van der Waals surface area contributed by atoms with Gasteiger partial charge >= 0.3 is 6.18 Å². The summed E-state index contributed by atoms with van der Waals surface area (Å²) in [6.07, 6.45) is -4.32. The smallest absolute Gasteiger partial charge is 0.365 e. The second kappa shape index (κ2) is 4.37. The van der Waals surface area contributed by atoms with Gasteiger partial charge < -0.3 is 5.32 Å². The van der Waals surface area contributed by atoms with Crippen LogP contribution in [0.2, 0.25) is 0 Å². The zero-order chi connectivity index (χ0) is 12.5. The summed E-state index contributed by atoms with van der Waals surface area (Å²) in [5, 5.41) is 5.25. The summed E-state index contributed by atoms with van der Waals surface area (Å²) in [5.74, 6) is 0. The van der Waals surface area contributed by atoms with Gasteiger partial charge in [0.05, 0.1) is 11.3 Å². The van der Waals surface area contributed by atoms with Crippen molar-refractivity contribution >= 4 is 16.5 Å². The zero-order valence-corrected chi connectivity index (χ0v) is 9.69. The normalized spacial score (nSPS) is 11.5. The molecule has 90 valence electrons. The summed E-state index contributed by atoms with van der Waals surface area (Å²) in [6, 6.07) is 5.16. The molecule has 17 heavy (non-hydrogen) atoms. The van der Waals surface area contributed by atoms with E-state index in [9.17, 15) is 13.2 Å². The van der Waals surface area contributed by atoms with Crippen LogP contribution in [0.1, 0.15) is 5.56 Å². The Kier molecular flexibility index (Phi) is 3.06. The van der Waals surface area contributed by atoms with Crippen molar-refractivity contribution in [2.45, 2.75) is 6.18 Å². The molecule has 0 amide bonds. The molecule has 2 nitrogen and oxygen atoms in total. The van der Waals surface area contributed by atoms with Gasteiger partial charge in [-0.2, -0.15) is 13.2 Å². The molecule has 0 atom stereocenters. The van der Waals surface area contributed by atoms with Gasteiger partial charge in [-0.15, -0.1) is 11.3 Å². The van der Waals surface area contributed by atoms with Crippen molar-refractivity contribution in [1.29, 1.82) is 0 Å². The molecule has 0 saturated carbocycles. The van der Waals surface area contributed by atoms with Crippen molar-refractivity contribution in [3.05, 3.63) is 35.2 Å². The number of hydrogen-bond donors (Lipinski definition) is 1. The Morgan fingerprint density at radius 2 is 2.06 bits per heavy atom. The van der Waals surface area contributed by atoms with Crippen LogP contribution in [0.15, 0.2) is 29.6 Å². The second-order valence-corrected chi connectivity index (χ2v) is 4.22. The van der Waals surface area contributed by atoms with E-state index in [1.165, 1.54) is 17.4 Å². The summed E-state index contributed by atoms with van der Waals surface area (Å²) in [7, 11) is 1.72. The molecule has 0 radical (unpaired) electrons. The molecule has 0 fully saturated rings. The molecule has 0 aliphatic carbocycles. The third kappa shape index (κ3) is 2.58. The van der Waals surface area contributed by atoms with Crippen LogP contribution in [0.4, 0.5) is 18.3 Å². The number of aromatic nitrogens is 1. The Hall–Kier alpha value is -1.56. The highest BCUT2D eigenvalue weighted by Gasteiger charge is 2.30. The molecule has 0 saturated heterocycles. The predicted octanol–water partition coefficient (Wildman–Crippen LogP) is 3.87. The molecule has 1 aromatic heterocycles. The molecule has 2 aromatic rings. The molecular weight excluding hydrogens is 249 g/mol. The molecule has 6 heteroatoms. The van der Waals surface area contributed by atoms with Crippen LogP contribution < -0.4 is 5.32 Å². The number of thiazole rings is 1. The van der Waals surface area contributed by atoms with Crippen molar-refractivity contribution in [2.24, 2.45) is 0 Å². The number of hydrogen-bond acceptors (Lipinski definition) is 3. The SMILES string of the molecule is CNc1nc(-c2cccc(C(F)(F)F)c2)cs1. The minimum atomic E-state index is -4.32. The molecule has 1 N–H and O–H groups in total. The number of nitrogens with one attached hydrogen (secondary N) is 1. The molecule has 1 aromatic carbocycles. The summed E-state index contributed by atoms with van der Waals surface area (Å²) >= 11 is 1.35. The third-order valence-electron chi connectivity index (χ3n) is 2.20. The van der Waals surface area contributed by atoms with Gasteiger partial charge in [-0.25, -0.2) is 4.98 Å². The fourth-order valence-electron chi connectivity index (χ4n) is 1.38. The first-order valence-corrected chi connectivity index (χ1v) is 5.69. The maximum atomic E-state index is 12.5. The van der Waals surface area contributed by atoms with E-state index in [1.54, 1.807) is 18.5 Å². The van der Waals surface area contributed by atoms with Gasteiger partial charge in [-0.05, 0) is 12.1 Å². The average Bonchev–Trinajstić information content (AvgIpc) is 2.76. The van der Waals surface area contributed by atoms with Crippen LogP contribution in [0.5, 0.6) is 0 Å². The van der Waals surface area contributed by atoms with E-state index < -0.39 is 11.7 Å². The minimum absolute atomic E-state index is 0.470. The van der Waals surface area contributed by atoms with E-state index >= 15 is 0 Å². The molecule has 1 heterocycles. The number of anilines is 1. The highest BCUT2D eigenvalue weighted by molar-refractivity contribution is 7.14. The second-order valence-electron chi connectivity index (χ2n) is 3.37. The Morgan fingerprint density at radius 3 is 2.65 bits per heavy atom. The van der Waals surface area contributed by atoms with E-state index in [2.05, 4.69) is 10.3 Å². The lowest BCUT2D eigenvalue weighted by atomic mass is 10.1. The van der Waals surface area contributed by atoms with Gasteiger partial charge in [0.25, 0.3) is 0 Å². The monoisotopic (exact) mass is 258 g/mol. The molecule has 0 aliphatic heterocycles. The topological polar surface area (TPSA) is 24.9 Å². The van der Waals surface area contributed by atoms with E-state index in [-0.39, 0.29) is 0 Å². The van der Waals surface area contributed by atoms with Gasteiger partial charge in [0, 0.05) is 18.0 Å². The lowest BCUT2D eigenvalue weighted by Crippen LogP contribution is -2.04. The van der Waals surface area contributed by atoms with Gasteiger partial charge in [0.1, 0.15) is 0 Å². The van der Waals surface area contributed by atoms with Gasteiger partial charge in [-0.3, -0.25) is 0 Å². The van der Waals surface area contributed by atoms with Crippen molar-refractivity contribution in [2.75, 3.05) is 12.4 Å². The van der Waals surface area contributed by atoms with E-state index in [0.717, 1.165) is 12.1 Å². The Morgan fingerprint density at radius 1 is 1.29 bits per heavy atom. The molecule has 2 rings (SSSR count). The molecule has 0 spiro atoms. The first-order chi connectivity index (χ1) is 8.00. The summed E-state index contributed by atoms with van der Waals surface area (Å²) in [5.41, 5.74) is 0.358. The molecule has 0 bridgehead atoms. The lowest BCUT2D eigenvalue weighted by Gasteiger charge is -2.07. The van der Waals surface area contributed by atoms with Gasteiger partial charge in [-0.1, -0.05) is 12.1 Å². The summed E-state index contributed by atoms with van der Waals surface area (Å²) in [4.78, 5) is 4.16. The fraction of sp³-hybridized carbons (Fsp3) is 0.182. The molecule has 0 unspecified atom stereocenters. The van der Waals surface area contributed by atoms with Crippen molar-refractivity contribution in [3.8, 4) is 11.3 Å². The fourth-order valence-corrected chi connectivity index (χ4v) is 2.06. The van der Waals surface area contributed by atoms with Crippen LogP contribution in [-0.4, -0.2) is 12.0 Å². The maximum absolute atomic E-state index is 12.5. The Labute approximate surface area is 100 Å². The van der Waals surface area contributed by atoms with Crippen molar-refractivity contribution in [3.63, 3.8) is 0 Å². The number of alkyl halides is 3. The number of halogens is 3. The van der Waals surface area contributed by atoms with Crippen LogP contribution in [0.25, 0.3) is 11.3 Å². The number of nitrogens with zero attached hydrogens (tertiary/aromatic N) is 1. The quantitative estimate of drug-likeness (QED) is 0.884. The lowest BCUT2D eigenvalue weighted by molar-refractivity contribution is -0.137. The average molecular weight is 258 g/mol. The third-order valence-corrected chi connectivity index (χ3v) is 3.06. The van der Waals surface area contributed by atoms with Crippen molar-refractivity contribution in [1.82, 2.24) is 4.98 Å². The zero-order valence-electron chi connectivity index (χ0n) is 8.88. The minimum Gasteiger partial charge on any atom is -0.365 e. The van der Waals surface area contributed by atoms with Crippen LogP contribution in [-0.2, 0) is 6.18 Å². The molecule has 0 aliphatic rings. The highest BCUT2D eigenvalue weighted by atomic mass is 32.1. The molecular formula is C11H9F3N2S. The summed E-state index contributed by atoms with van der Waals surface area (Å²) < 4.78 is 37.6. The standard InChI is InChI=1S/C11H9F3N2S/c1-15-10-16-9(6-17-10)7-3-2-4-8(5-7)11(12,13)14/h2-6H,1H3,(H,15,16). The first kappa shape index (κ1) is 11.9. The van der Waals surface area contributed by atoms with E-state index in [4.69, 9.17) is 0 Å². The predicted molar refractivity (Wildman–Crippen MR) is 62.1 cm³/mol. The van der Waals surface area contributed by atoms with Crippen LogP contribution in [0, 0.1) is 0 Å². The largest absolute Gasteiger partial charge is 0.416 e. The van der Waals surface area contributed by atoms with Crippen LogP contribution in [0.3, 0.4) is 0 Å². The Balaban J connectivity index is 2.39. The maximum Gasteiger partial charge on any atom is 0.416 e. The Bertz CT molecular complexity index is 519. The highest BCUT2D eigenvalue weighted by Crippen LogP contribution is 2.32. The first-order valence-electron chi connectivity index (χ1n) is 4.81. The van der Waals surface area contributed by atoms with E-state index in [1.807, 2.05) is 0 Å². The number of rotatable bonds is 2. The summed E-state index contributed by atoms with van der Waals surface area (Å²) in [6.45, 7) is 0. The van der Waals surface area contributed by atoms with Gasteiger partial charge in [0.2, 0.25) is 0 Å².